The summed E-state index contributed by atoms with van der Waals surface area (Å²) in [4.78, 5) is 22.6. The SMILES string of the molecule is C[C@H]1C[C@@H](Oc2ccc3ccc(Cl)nc3n2)CN1C(=O)OC(C)(C)C. The van der Waals surface area contributed by atoms with E-state index in [1.54, 1.807) is 17.0 Å². The third-order valence-electron chi connectivity index (χ3n) is 3.94. The van der Waals surface area contributed by atoms with Crippen LogP contribution in [-0.4, -0.2) is 45.3 Å². The van der Waals surface area contributed by atoms with Crippen molar-refractivity contribution in [3.05, 3.63) is 29.4 Å². The van der Waals surface area contributed by atoms with Gasteiger partial charge in [-0.25, -0.2) is 9.78 Å². The summed E-state index contributed by atoms with van der Waals surface area (Å²) in [6, 6.07) is 7.34. The Balaban J connectivity index is 1.69. The zero-order chi connectivity index (χ0) is 18.2. The van der Waals surface area contributed by atoms with E-state index in [2.05, 4.69) is 9.97 Å². The number of likely N-dealkylation sites (tertiary alicyclic amines) is 1. The number of nitrogens with zero attached hydrogens (tertiary/aromatic N) is 3. The minimum Gasteiger partial charge on any atom is -0.472 e. The third kappa shape index (κ3) is 4.31. The van der Waals surface area contributed by atoms with Crippen LogP contribution in [-0.2, 0) is 4.74 Å². The number of ether oxygens (including phenoxy) is 2. The smallest absolute Gasteiger partial charge is 0.410 e. The second-order valence-electron chi connectivity index (χ2n) is 7.29. The molecule has 0 aliphatic carbocycles. The standard InChI is InChI=1S/C18H22ClN3O3/c1-11-9-13(10-22(11)17(23)25-18(2,3)4)24-15-8-6-12-5-7-14(19)20-16(12)21-15/h5-8,11,13H,9-10H2,1-4H3/t11-,13+/m0/s1. The first-order valence-corrected chi connectivity index (χ1v) is 8.69. The van der Waals surface area contributed by atoms with Crippen LogP contribution in [0.1, 0.15) is 34.1 Å². The van der Waals surface area contributed by atoms with E-state index in [9.17, 15) is 4.79 Å². The van der Waals surface area contributed by atoms with Gasteiger partial charge >= 0.3 is 6.09 Å². The number of halogens is 1. The zero-order valence-corrected chi connectivity index (χ0v) is 15.6. The van der Waals surface area contributed by atoms with Crippen LogP contribution >= 0.6 is 11.6 Å². The Morgan fingerprint density at radius 1 is 1.24 bits per heavy atom. The highest BCUT2D eigenvalue weighted by atomic mass is 35.5. The lowest BCUT2D eigenvalue weighted by Crippen LogP contribution is -2.39. The predicted molar refractivity (Wildman–Crippen MR) is 96.0 cm³/mol. The van der Waals surface area contributed by atoms with Gasteiger partial charge in [-0.2, -0.15) is 4.98 Å². The maximum Gasteiger partial charge on any atom is 0.410 e. The van der Waals surface area contributed by atoms with Crippen molar-refractivity contribution in [2.24, 2.45) is 0 Å². The summed E-state index contributed by atoms with van der Waals surface area (Å²) in [5, 5.41) is 1.29. The molecular weight excluding hydrogens is 342 g/mol. The second-order valence-corrected chi connectivity index (χ2v) is 7.67. The van der Waals surface area contributed by atoms with Gasteiger partial charge in [-0.15, -0.1) is 0 Å². The maximum absolute atomic E-state index is 12.3. The molecule has 134 valence electrons. The minimum absolute atomic E-state index is 0.0490. The Morgan fingerprint density at radius 2 is 1.96 bits per heavy atom. The van der Waals surface area contributed by atoms with E-state index in [1.165, 1.54) is 0 Å². The fourth-order valence-corrected chi connectivity index (χ4v) is 2.98. The number of hydrogen-bond acceptors (Lipinski definition) is 5. The molecule has 0 radical (unpaired) electrons. The van der Waals surface area contributed by atoms with Gasteiger partial charge in [0.15, 0.2) is 5.65 Å². The van der Waals surface area contributed by atoms with Crippen molar-refractivity contribution >= 4 is 28.7 Å². The van der Waals surface area contributed by atoms with Gasteiger partial charge in [-0.1, -0.05) is 11.6 Å². The topological polar surface area (TPSA) is 64.6 Å². The van der Waals surface area contributed by atoms with Crippen LogP contribution in [0.4, 0.5) is 4.79 Å². The van der Waals surface area contributed by atoms with Crippen molar-refractivity contribution in [3.63, 3.8) is 0 Å². The number of rotatable bonds is 2. The molecule has 0 aromatic carbocycles. The van der Waals surface area contributed by atoms with Gasteiger partial charge < -0.3 is 14.4 Å². The highest BCUT2D eigenvalue weighted by molar-refractivity contribution is 6.29. The summed E-state index contributed by atoms with van der Waals surface area (Å²) in [6.45, 7) is 8.03. The number of carbonyl (C=O) groups excluding carboxylic acids is 1. The molecule has 2 aromatic heterocycles. The first-order valence-electron chi connectivity index (χ1n) is 8.31. The summed E-state index contributed by atoms with van der Waals surface area (Å²) in [5.74, 6) is 0.477. The second kappa shape index (κ2) is 6.67. The van der Waals surface area contributed by atoms with E-state index in [0.717, 1.165) is 11.8 Å². The molecule has 0 bridgehead atoms. The van der Waals surface area contributed by atoms with Gasteiger partial charge in [0.2, 0.25) is 5.88 Å². The Bertz CT molecular complexity index is 791. The van der Waals surface area contributed by atoms with Gasteiger partial charge in [0, 0.05) is 23.9 Å². The van der Waals surface area contributed by atoms with E-state index in [1.807, 2.05) is 39.8 Å². The molecule has 1 fully saturated rings. The molecule has 0 spiro atoms. The van der Waals surface area contributed by atoms with Crippen LogP contribution in [0.5, 0.6) is 5.88 Å². The molecule has 1 aliphatic heterocycles. The molecule has 1 saturated heterocycles. The Kier molecular flexibility index (Phi) is 4.73. The number of aromatic nitrogens is 2. The molecule has 3 heterocycles. The fourth-order valence-electron chi connectivity index (χ4n) is 2.84. The summed E-state index contributed by atoms with van der Waals surface area (Å²) < 4.78 is 11.4. The predicted octanol–water partition coefficient (Wildman–Crippen LogP) is 4.06. The van der Waals surface area contributed by atoms with Crippen LogP contribution in [0, 0.1) is 0 Å². The average Bonchev–Trinajstić information content (AvgIpc) is 2.86. The summed E-state index contributed by atoms with van der Waals surface area (Å²) in [6.07, 6.45) is 0.278. The molecule has 3 rings (SSSR count). The normalized spacial score (nSPS) is 20.8. The van der Waals surface area contributed by atoms with E-state index < -0.39 is 5.60 Å². The molecule has 2 atom stereocenters. The van der Waals surface area contributed by atoms with Crippen molar-refractivity contribution < 1.29 is 14.3 Å². The largest absolute Gasteiger partial charge is 0.472 e. The van der Waals surface area contributed by atoms with E-state index in [-0.39, 0.29) is 18.2 Å². The minimum atomic E-state index is -0.513. The highest BCUT2D eigenvalue weighted by Gasteiger charge is 2.36. The third-order valence-corrected chi connectivity index (χ3v) is 4.16. The van der Waals surface area contributed by atoms with Gasteiger partial charge in [-0.05, 0) is 45.9 Å². The van der Waals surface area contributed by atoms with Crippen molar-refractivity contribution in [1.29, 1.82) is 0 Å². The molecule has 1 amide bonds. The van der Waals surface area contributed by atoms with Crippen molar-refractivity contribution in [2.45, 2.75) is 51.9 Å². The van der Waals surface area contributed by atoms with Gasteiger partial charge in [0.05, 0.1) is 6.54 Å². The van der Waals surface area contributed by atoms with Crippen molar-refractivity contribution in [1.82, 2.24) is 14.9 Å². The molecule has 0 N–H and O–H groups in total. The maximum atomic E-state index is 12.3. The first kappa shape index (κ1) is 17.7. The number of hydrogen-bond donors (Lipinski definition) is 0. The lowest BCUT2D eigenvalue weighted by atomic mass is 10.2. The Hall–Kier alpha value is -2.08. The Morgan fingerprint density at radius 3 is 2.68 bits per heavy atom. The monoisotopic (exact) mass is 363 g/mol. The van der Waals surface area contributed by atoms with E-state index >= 15 is 0 Å². The molecule has 25 heavy (non-hydrogen) atoms. The number of amides is 1. The number of fused-ring (bicyclic) bond motifs is 1. The molecule has 6 nitrogen and oxygen atoms in total. The fraction of sp³-hybridized carbons (Fsp3) is 0.500. The number of pyridine rings is 2. The summed E-state index contributed by atoms with van der Waals surface area (Å²) in [5.41, 5.74) is 0.0284. The molecule has 7 heteroatoms. The summed E-state index contributed by atoms with van der Waals surface area (Å²) in [7, 11) is 0. The van der Waals surface area contributed by atoms with Crippen molar-refractivity contribution in [3.8, 4) is 5.88 Å². The highest BCUT2D eigenvalue weighted by Crippen LogP contribution is 2.25. The van der Waals surface area contributed by atoms with E-state index in [0.29, 0.717) is 23.2 Å². The van der Waals surface area contributed by atoms with Crippen LogP contribution in [0.2, 0.25) is 5.15 Å². The van der Waals surface area contributed by atoms with Crippen LogP contribution < -0.4 is 4.74 Å². The van der Waals surface area contributed by atoms with Crippen molar-refractivity contribution in [2.75, 3.05) is 6.54 Å². The first-order chi connectivity index (χ1) is 11.7. The Labute approximate surface area is 152 Å². The quantitative estimate of drug-likeness (QED) is 0.753. The molecule has 0 saturated carbocycles. The lowest BCUT2D eigenvalue weighted by molar-refractivity contribution is 0.0223. The zero-order valence-electron chi connectivity index (χ0n) is 14.8. The lowest BCUT2D eigenvalue weighted by Gasteiger charge is -2.26. The van der Waals surface area contributed by atoms with Crippen LogP contribution in [0.15, 0.2) is 24.3 Å². The van der Waals surface area contributed by atoms with Crippen LogP contribution in [0.3, 0.4) is 0 Å². The van der Waals surface area contributed by atoms with Crippen LogP contribution in [0.25, 0.3) is 11.0 Å². The van der Waals surface area contributed by atoms with Gasteiger partial charge in [-0.3, -0.25) is 0 Å². The summed E-state index contributed by atoms with van der Waals surface area (Å²) >= 11 is 5.92. The van der Waals surface area contributed by atoms with E-state index in [4.69, 9.17) is 21.1 Å². The molecule has 0 unspecified atom stereocenters. The molecular formula is C18H22ClN3O3. The average molecular weight is 364 g/mol. The van der Waals surface area contributed by atoms with Gasteiger partial charge in [0.1, 0.15) is 16.9 Å². The number of carbonyl (C=O) groups is 1. The van der Waals surface area contributed by atoms with Gasteiger partial charge in [0.25, 0.3) is 0 Å². The molecule has 1 aliphatic rings. The molecule has 2 aromatic rings.